The largest absolute Gasteiger partial charge is 0.481 e. The van der Waals surface area contributed by atoms with Crippen molar-refractivity contribution >= 4 is 5.97 Å². The highest BCUT2D eigenvalue weighted by molar-refractivity contribution is 5.66. The quantitative estimate of drug-likeness (QED) is 0.411. The summed E-state index contributed by atoms with van der Waals surface area (Å²) in [5.74, 6) is -0.656. The van der Waals surface area contributed by atoms with Crippen LogP contribution in [0.3, 0.4) is 0 Å². The van der Waals surface area contributed by atoms with Gasteiger partial charge in [-0.2, -0.15) is 0 Å². The van der Waals surface area contributed by atoms with Gasteiger partial charge >= 0.3 is 5.97 Å². The Labute approximate surface area is 111 Å². The van der Waals surface area contributed by atoms with Crippen LogP contribution >= 0.6 is 0 Å². The fourth-order valence-electron chi connectivity index (χ4n) is 2.65. The number of carbonyl (C=O) groups is 1. The molecule has 0 saturated carbocycles. The molecule has 0 aromatic heterocycles. The molecule has 2 nitrogen and oxygen atoms in total. The zero-order valence-corrected chi connectivity index (χ0v) is 11.6. The van der Waals surface area contributed by atoms with Crippen molar-refractivity contribution in [3.63, 3.8) is 0 Å². The lowest BCUT2D eigenvalue weighted by molar-refractivity contribution is -0.137. The highest BCUT2D eigenvalue weighted by atomic mass is 16.4. The number of carboxylic acid groups (broad SMARTS) is 1. The summed E-state index contributed by atoms with van der Waals surface area (Å²) in [6, 6.07) is 0. The van der Waals surface area contributed by atoms with Gasteiger partial charge in [-0.3, -0.25) is 4.79 Å². The lowest BCUT2D eigenvalue weighted by atomic mass is 10.0. The van der Waals surface area contributed by atoms with Gasteiger partial charge in [-0.25, -0.2) is 0 Å². The summed E-state index contributed by atoms with van der Waals surface area (Å²) in [5.41, 5.74) is 1.70. The van der Waals surface area contributed by atoms with Gasteiger partial charge in [-0.1, -0.05) is 50.2 Å². The molecule has 1 aliphatic rings. The van der Waals surface area contributed by atoms with E-state index in [0.29, 0.717) is 6.42 Å². The summed E-state index contributed by atoms with van der Waals surface area (Å²) in [6.45, 7) is 0. The van der Waals surface area contributed by atoms with E-state index in [2.05, 4.69) is 6.08 Å². The van der Waals surface area contributed by atoms with Crippen molar-refractivity contribution in [2.45, 2.75) is 83.5 Å². The predicted octanol–water partition coefficient (Wildman–Crippen LogP) is 5.08. The maximum atomic E-state index is 10.3. The van der Waals surface area contributed by atoms with Gasteiger partial charge in [-0.15, -0.1) is 0 Å². The van der Waals surface area contributed by atoms with Crippen LogP contribution in [-0.2, 0) is 4.79 Å². The van der Waals surface area contributed by atoms with E-state index in [1.54, 1.807) is 5.57 Å². The Balaban J connectivity index is 1.74. The fourth-order valence-corrected chi connectivity index (χ4v) is 2.65. The van der Waals surface area contributed by atoms with Gasteiger partial charge < -0.3 is 5.11 Å². The van der Waals surface area contributed by atoms with Gasteiger partial charge in [-0.05, 0) is 38.5 Å². The van der Waals surface area contributed by atoms with Crippen LogP contribution in [0, 0.1) is 0 Å². The predicted molar refractivity (Wildman–Crippen MR) is 75.7 cm³/mol. The van der Waals surface area contributed by atoms with Crippen LogP contribution in [0.4, 0.5) is 0 Å². The summed E-state index contributed by atoms with van der Waals surface area (Å²) < 4.78 is 0. The first-order valence-corrected chi connectivity index (χ1v) is 7.69. The summed E-state index contributed by atoms with van der Waals surface area (Å²) in [4.78, 5) is 10.3. The van der Waals surface area contributed by atoms with Crippen molar-refractivity contribution in [2.75, 3.05) is 0 Å². The van der Waals surface area contributed by atoms with Gasteiger partial charge in [0.25, 0.3) is 0 Å². The second kappa shape index (κ2) is 10.2. The Kier molecular flexibility index (Phi) is 8.62. The normalized spacial score (nSPS) is 14.8. The third-order valence-corrected chi connectivity index (χ3v) is 3.77. The minimum absolute atomic E-state index is 0.342. The lowest BCUT2D eigenvalue weighted by Gasteiger charge is -2.03. The van der Waals surface area contributed by atoms with Crippen LogP contribution in [0.15, 0.2) is 11.6 Å². The van der Waals surface area contributed by atoms with Crippen LogP contribution in [0.1, 0.15) is 83.5 Å². The van der Waals surface area contributed by atoms with Crippen molar-refractivity contribution < 1.29 is 9.90 Å². The van der Waals surface area contributed by atoms with E-state index in [1.807, 2.05) is 0 Å². The number of carboxylic acids is 1. The van der Waals surface area contributed by atoms with Crippen LogP contribution < -0.4 is 0 Å². The molecule has 0 radical (unpaired) electrons. The van der Waals surface area contributed by atoms with E-state index in [9.17, 15) is 4.79 Å². The Morgan fingerprint density at radius 1 is 1.00 bits per heavy atom. The van der Waals surface area contributed by atoms with Crippen molar-refractivity contribution in [1.82, 2.24) is 0 Å². The molecule has 0 atom stereocenters. The molecule has 18 heavy (non-hydrogen) atoms. The number of hydrogen-bond acceptors (Lipinski definition) is 1. The first kappa shape index (κ1) is 15.3. The molecule has 0 fully saturated rings. The Morgan fingerprint density at radius 2 is 1.61 bits per heavy atom. The van der Waals surface area contributed by atoms with E-state index in [-0.39, 0.29) is 0 Å². The first-order chi connectivity index (χ1) is 8.79. The minimum Gasteiger partial charge on any atom is -0.481 e. The van der Waals surface area contributed by atoms with Crippen molar-refractivity contribution in [1.29, 1.82) is 0 Å². The number of hydrogen-bond donors (Lipinski definition) is 1. The molecule has 0 aromatic rings. The number of rotatable bonds is 11. The monoisotopic (exact) mass is 252 g/mol. The molecule has 1 aliphatic carbocycles. The van der Waals surface area contributed by atoms with E-state index in [1.165, 1.54) is 64.2 Å². The molecular formula is C16H28O2. The SMILES string of the molecule is O=C(O)CCCCCCCCCCC1=CCCC1. The molecule has 0 amide bonds. The number of allylic oxidation sites excluding steroid dienone is 2. The molecule has 1 N–H and O–H groups in total. The third kappa shape index (κ3) is 8.32. The lowest BCUT2D eigenvalue weighted by Crippen LogP contribution is -1.93. The summed E-state index contributed by atoms with van der Waals surface area (Å²) in [7, 11) is 0. The summed E-state index contributed by atoms with van der Waals surface area (Å²) in [6.07, 6.45) is 18.0. The molecule has 0 heterocycles. The molecule has 0 saturated heterocycles. The van der Waals surface area contributed by atoms with E-state index in [0.717, 1.165) is 12.8 Å². The Bertz CT molecular complexity index is 256. The average molecular weight is 252 g/mol. The highest BCUT2D eigenvalue weighted by Gasteiger charge is 2.03. The van der Waals surface area contributed by atoms with E-state index < -0.39 is 5.97 Å². The smallest absolute Gasteiger partial charge is 0.303 e. The van der Waals surface area contributed by atoms with Gasteiger partial charge in [0, 0.05) is 6.42 Å². The van der Waals surface area contributed by atoms with Crippen molar-refractivity contribution in [2.24, 2.45) is 0 Å². The van der Waals surface area contributed by atoms with Crippen LogP contribution in [0.2, 0.25) is 0 Å². The highest BCUT2D eigenvalue weighted by Crippen LogP contribution is 2.23. The van der Waals surface area contributed by atoms with E-state index >= 15 is 0 Å². The zero-order chi connectivity index (χ0) is 13.1. The molecular weight excluding hydrogens is 224 g/mol. The topological polar surface area (TPSA) is 37.3 Å². The standard InChI is InChI=1S/C16H28O2/c17-16(18)14-8-6-4-2-1-3-5-7-11-15-12-9-10-13-15/h12H,1-11,13-14H2,(H,17,18). The van der Waals surface area contributed by atoms with Crippen molar-refractivity contribution in [3.8, 4) is 0 Å². The maximum Gasteiger partial charge on any atom is 0.303 e. The fraction of sp³-hybridized carbons (Fsp3) is 0.812. The summed E-state index contributed by atoms with van der Waals surface area (Å²) >= 11 is 0. The molecule has 0 unspecified atom stereocenters. The molecule has 0 spiro atoms. The second-order valence-corrected chi connectivity index (χ2v) is 5.48. The first-order valence-electron chi connectivity index (χ1n) is 7.69. The molecule has 0 aromatic carbocycles. The molecule has 0 aliphatic heterocycles. The van der Waals surface area contributed by atoms with Gasteiger partial charge in [0.2, 0.25) is 0 Å². The minimum atomic E-state index is -0.656. The zero-order valence-electron chi connectivity index (χ0n) is 11.6. The van der Waals surface area contributed by atoms with Gasteiger partial charge in [0.05, 0.1) is 0 Å². The van der Waals surface area contributed by atoms with Gasteiger partial charge in [0.15, 0.2) is 0 Å². The Morgan fingerprint density at radius 3 is 2.17 bits per heavy atom. The molecule has 0 bridgehead atoms. The summed E-state index contributed by atoms with van der Waals surface area (Å²) in [5, 5.41) is 8.50. The molecule has 1 rings (SSSR count). The molecule has 104 valence electrons. The third-order valence-electron chi connectivity index (χ3n) is 3.77. The van der Waals surface area contributed by atoms with Crippen molar-refractivity contribution in [3.05, 3.63) is 11.6 Å². The Hall–Kier alpha value is -0.790. The maximum absolute atomic E-state index is 10.3. The van der Waals surface area contributed by atoms with Crippen LogP contribution in [0.25, 0.3) is 0 Å². The van der Waals surface area contributed by atoms with Crippen LogP contribution in [-0.4, -0.2) is 11.1 Å². The molecule has 2 heteroatoms. The second-order valence-electron chi connectivity index (χ2n) is 5.48. The number of aliphatic carboxylic acids is 1. The van der Waals surface area contributed by atoms with Crippen LogP contribution in [0.5, 0.6) is 0 Å². The van der Waals surface area contributed by atoms with Gasteiger partial charge in [0.1, 0.15) is 0 Å². The number of unbranched alkanes of at least 4 members (excludes halogenated alkanes) is 7. The average Bonchev–Trinajstić information content (AvgIpc) is 2.84. The van der Waals surface area contributed by atoms with E-state index in [4.69, 9.17) is 5.11 Å².